The van der Waals surface area contributed by atoms with E-state index in [1.165, 1.54) is 17.2 Å². The Bertz CT molecular complexity index is 641. The van der Waals surface area contributed by atoms with Crippen LogP contribution in [0.2, 0.25) is 0 Å². The van der Waals surface area contributed by atoms with E-state index in [4.69, 9.17) is 4.74 Å². The summed E-state index contributed by atoms with van der Waals surface area (Å²) in [6.45, 7) is 2.08. The number of aryl methyl sites for hydroxylation is 1. The van der Waals surface area contributed by atoms with Crippen LogP contribution in [0, 0.1) is 5.82 Å². The van der Waals surface area contributed by atoms with Crippen LogP contribution in [0.4, 0.5) is 4.39 Å². The maximum absolute atomic E-state index is 13.3. The van der Waals surface area contributed by atoms with Gasteiger partial charge in [-0.1, -0.05) is 18.2 Å². The first-order chi connectivity index (χ1) is 10.2. The fourth-order valence-corrected chi connectivity index (χ4v) is 3.05. The van der Waals surface area contributed by atoms with Gasteiger partial charge in [0.05, 0.1) is 7.11 Å². The van der Waals surface area contributed by atoms with E-state index in [1.54, 1.807) is 19.2 Å². The molecule has 0 aliphatic heterocycles. The van der Waals surface area contributed by atoms with Crippen molar-refractivity contribution in [3.63, 3.8) is 0 Å². The Balaban J connectivity index is 1.78. The van der Waals surface area contributed by atoms with Gasteiger partial charge in [-0.25, -0.2) is 4.39 Å². The molecule has 0 saturated carbocycles. The summed E-state index contributed by atoms with van der Waals surface area (Å²) in [5.74, 6) is 0.704. The maximum atomic E-state index is 13.3. The van der Waals surface area contributed by atoms with Gasteiger partial charge in [-0.15, -0.1) is 0 Å². The van der Waals surface area contributed by atoms with Crippen molar-refractivity contribution in [3.05, 3.63) is 65.0 Å². The number of fused-ring (bicyclic) bond motifs is 1. The van der Waals surface area contributed by atoms with Crippen LogP contribution in [-0.2, 0) is 6.42 Å². The highest BCUT2D eigenvalue weighted by Gasteiger charge is 2.24. The fraction of sp³-hybridized carbons (Fsp3) is 0.333. The molecule has 0 fully saturated rings. The lowest BCUT2D eigenvalue weighted by atomic mass is 10.0. The zero-order valence-corrected chi connectivity index (χ0v) is 12.4. The molecule has 0 spiro atoms. The first-order valence-electron chi connectivity index (χ1n) is 7.35. The van der Waals surface area contributed by atoms with E-state index < -0.39 is 0 Å². The third-order valence-electron chi connectivity index (χ3n) is 4.23. The largest absolute Gasteiger partial charge is 0.497 e. The van der Waals surface area contributed by atoms with Crippen molar-refractivity contribution in [1.82, 2.24) is 5.32 Å². The molecule has 2 atom stereocenters. The van der Waals surface area contributed by atoms with Gasteiger partial charge in [-0.05, 0) is 60.7 Å². The van der Waals surface area contributed by atoms with Crippen LogP contribution in [0.15, 0.2) is 42.5 Å². The number of benzene rings is 2. The number of nitrogens with one attached hydrogen (secondary N) is 1. The van der Waals surface area contributed by atoms with E-state index in [0.29, 0.717) is 6.04 Å². The SMILES string of the molecule is COc1ccc2c(c1)C(NC(C)c1cccc(F)c1)CC2. The minimum absolute atomic E-state index is 0.114. The first kappa shape index (κ1) is 14.1. The van der Waals surface area contributed by atoms with Gasteiger partial charge in [-0.3, -0.25) is 0 Å². The highest BCUT2D eigenvalue weighted by atomic mass is 19.1. The number of hydrogen-bond acceptors (Lipinski definition) is 2. The summed E-state index contributed by atoms with van der Waals surface area (Å²) in [5.41, 5.74) is 3.66. The normalized spacial score (nSPS) is 18.3. The van der Waals surface area contributed by atoms with Crippen LogP contribution in [0.1, 0.15) is 42.1 Å². The number of methoxy groups -OCH3 is 1. The summed E-state index contributed by atoms with van der Waals surface area (Å²) in [6, 6.07) is 13.5. The molecule has 2 aromatic carbocycles. The Morgan fingerprint density at radius 3 is 2.86 bits per heavy atom. The van der Waals surface area contributed by atoms with E-state index in [-0.39, 0.29) is 11.9 Å². The van der Waals surface area contributed by atoms with Crippen LogP contribution < -0.4 is 10.1 Å². The van der Waals surface area contributed by atoms with Crippen LogP contribution in [0.5, 0.6) is 5.75 Å². The van der Waals surface area contributed by atoms with Gasteiger partial charge in [0.25, 0.3) is 0 Å². The molecule has 2 unspecified atom stereocenters. The van der Waals surface area contributed by atoms with Crippen LogP contribution in [0.25, 0.3) is 0 Å². The van der Waals surface area contributed by atoms with Crippen molar-refractivity contribution in [2.24, 2.45) is 0 Å². The Hall–Kier alpha value is -1.87. The highest BCUT2D eigenvalue weighted by molar-refractivity contribution is 5.41. The molecule has 110 valence electrons. The van der Waals surface area contributed by atoms with Crippen molar-refractivity contribution in [2.75, 3.05) is 7.11 Å². The van der Waals surface area contributed by atoms with Crippen LogP contribution >= 0.6 is 0 Å². The van der Waals surface area contributed by atoms with Crippen LogP contribution in [0.3, 0.4) is 0 Å². The number of hydrogen-bond donors (Lipinski definition) is 1. The molecular weight excluding hydrogens is 265 g/mol. The molecular formula is C18H20FNO. The third-order valence-corrected chi connectivity index (χ3v) is 4.23. The molecule has 1 N–H and O–H groups in total. The predicted octanol–water partition coefficient (Wildman–Crippen LogP) is 4.17. The van der Waals surface area contributed by atoms with Crippen molar-refractivity contribution in [1.29, 1.82) is 0 Å². The molecule has 0 heterocycles. The topological polar surface area (TPSA) is 21.3 Å². The Morgan fingerprint density at radius 2 is 2.10 bits per heavy atom. The zero-order valence-electron chi connectivity index (χ0n) is 12.4. The molecule has 1 aliphatic rings. The van der Waals surface area contributed by atoms with Gasteiger partial charge in [0.1, 0.15) is 11.6 Å². The first-order valence-corrected chi connectivity index (χ1v) is 7.35. The predicted molar refractivity (Wildman–Crippen MR) is 82.0 cm³/mol. The molecule has 2 aromatic rings. The van der Waals surface area contributed by atoms with Gasteiger partial charge >= 0.3 is 0 Å². The lowest BCUT2D eigenvalue weighted by Crippen LogP contribution is -2.23. The molecule has 1 aliphatic carbocycles. The van der Waals surface area contributed by atoms with E-state index in [0.717, 1.165) is 24.2 Å². The lowest BCUT2D eigenvalue weighted by Gasteiger charge is -2.21. The van der Waals surface area contributed by atoms with Gasteiger partial charge < -0.3 is 10.1 Å². The Kier molecular flexibility index (Phi) is 3.93. The molecule has 0 radical (unpaired) electrons. The number of halogens is 1. The molecule has 0 aromatic heterocycles. The Morgan fingerprint density at radius 1 is 1.24 bits per heavy atom. The van der Waals surface area contributed by atoms with E-state index in [2.05, 4.69) is 24.4 Å². The van der Waals surface area contributed by atoms with Gasteiger partial charge in [-0.2, -0.15) is 0 Å². The zero-order chi connectivity index (χ0) is 14.8. The van der Waals surface area contributed by atoms with Gasteiger partial charge in [0.2, 0.25) is 0 Å². The van der Waals surface area contributed by atoms with Crippen molar-refractivity contribution in [2.45, 2.75) is 31.8 Å². The quantitative estimate of drug-likeness (QED) is 0.910. The average molecular weight is 285 g/mol. The van der Waals surface area contributed by atoms with Crippen LogP contribution in [-0.4, -0.2) is 7.11 Å². The minimum Gasteiger partial charge on any atom is -0.497 e. The Labute approximate surface area is 125 Å². The van der Waals surface area contributed by atoms with E-state index in [1.807, 2.05) is 12.1 Å². The summed E-state index contributed by atoms with van der Waals surface area (Å²) in [6.07, 6.45) is 2.15. The fourth-order valence-electron chi connectivity index (χ4n) is 3.05. The summed E-state index contributed by atoms with van der Waals surface area (Å²) >= 11 is 0. The lowest BCUT2D eigenvalue weighted by molar-refractivity contribution is 0.412. The second-order valence-corrected chi connectivity index (χ2v) is 5.60. The molecule has 2 nitrogen and oxygen atoms in total. The average Bonchev–Trinajstić information content (AvgIpc) is 2.89. The van der Waals surface area contributed by atoms with Gasteiger partial charge in [0, 0.05) is 12.1 Å². The second kappa shape index (κ2) is 5.86. The summed E-state index contributed by atoms with van der Waals surface area (Å²) in [5, 5.41) is 3.61. The third kappa shape index (κ3) is 2.93. The molecule has 0 saturated heterocycles. The summed E-state index contributed by atoms with van der Waals surface area (Å²) < 4.78 is 18.7. The number of rotatable bonds is 4. The monoisotopic (exact) mass is 285 g/mol. The summed E-state index contributed by atoms with van der Waals surface area (Å²) in [4.78, 5) is 0. The molecule has 3 heteroatoms. The standard InChI is InChI=1S/C18H20FNO/c1-12(14-4-3-5-15(19)10-14)20-18-9-7-13-6-8-16(21-2)11-17(13)18/h3-6,8,10-12,18,20H,7,9H2,1-2H3. The number of ether oxygens (including phenoxy) is 1. The summed E-state index contributed by atoms with van der Waals surface area (Å²) in [7, 11) is 1.69. The molecule has 21 heavy (non-hydrogen) atoms. The van der Waals surface area contributed by atoms with Crippen molar-refractivity contribution >= 4 is 0 Å². The molecule has 0 bridgehead atoms. The van der Waals surface area contributed by atoms with Gasteiger partial charge in [0.15, 0.2) is 0 Å². The molecule has 3 rings (SSSR count). The second-order valence-electron chi connectivity index (χ2n) is 5.60. The highest BCUT2D eigenvalue weighted by Crippen LogP contribution is 2.35. The molecule has 0 amide bonds. The van der Waals surface area contributed by atoms with E-state index >= 15 is 0 Å². The van der Waals surface area contributed by atoms with Crippen molar-refractivity contribution < 1.29 is 9.13 Å². The minimum atomic E-state index is -0.186. The smallest absolute Gasteiger partial charge is 0.123 e. The maximum Gasteiger partial charge on any atom is 0.123 e. The van der Waals surface area contributed by atoms with E-state index in [9.17, 15) is 4.39 Å². The van der Waals surface area contributed by atoms with Crippen molar-refractivity contribution in [3.8, 4) is 5.75 Å².